The summed E-state index contributed by atoms with van der Waals surface area (Å²) in [6, 6.07) is 3.09. The topological polar surface area (TPSA) is 80.0 Å². The van der Waals surface area contributed by atoms with E-state index in [1.807, 2.05) is 18.9 Å². The second-order valence-corrected chi connectivity index (χ2v) is 5.25. The zero-order valence-electron chi connectivity index (χ0n) is 11.2. The molecule has 0 fully saturated rings. The average Bonchev–Trinajstić information content (AvgIpc) is 2.80. The van der Waals surface area contributed by atoms with Gasteiger partial charge in [-0.2, -0.15) is 0 Å². The molecule has 0 aliphatic heterocycles. The molecule has 2 rings (SSSR count). The van der Waals surface area contributed by atoms with Crippen molar-refractivity contribution in [3.63, 3.8) is 0 Å². The summed E-state index contributed by atoms with van der Waals surface area (Å²) in [5, 5.41) is 9.80. The van der Waals surface area contributed by atoms with E-state index in [9.17, 15) is 9.59 Å². The van der Waals surface area contributed by atoms with E-state index >= 15 is 0 Å². The molecule has 108 valence electrons. The number of fused-ring (bicyclic) bond motifs is 1. The van der Waals surface area contributed by atoms with Crippen LogP contribution >= 0.6 is 11.3 Å². The van der Waals surface area contributed by atoms with Gasteiger partial charge in [0.25, 0.3) is 0 Å². The molecule has 0 saturated carbocycles. The number of hydrogen-bond donors (Lipinski definition) is 1. The fraction of sp³-hybridized carbons (Fsp3) is 0.385. The maximum atomic E-state index is 11.5. The highest BCUT2D eigenvalue weighted by Gasteiger charge is 2.15. The van der Waals surface area contributed by atoms with Gasteiger partial charge < -0.3 is 19.2 Å². The van der Waals surface area contributed by atoms with Crippen molar-refractivity contribution in [2.75, 3.05) is 31.7 Å². The minimum atomic E-state index is -1.28. The third kappa shape index (κ3) is 3.00. The third-order valence-corrected chi connectivity index (χ3v) is 3.97. The van der Waals surface area contributed by atoms with E-state index in [-0.39, 0.29) is 5.56 Å². The molecule has 0 amide bonds. The van der Waals surface area contributed by atoms with Crippen LogP contribution in [-0.4, -0.2) is 37.9 Å². The molecule has 0 spiro atoms. The number of nitrogens with zero attached hydrogens (tertiary/aromatic N) is 1. The third-order valence-electron chi connectivity index (χ3n) is 2.79. The number of anilines is 1. The summed E-state index contributed by atoms with van der Waals surface area (Å²) >= 11 is 1.38. The van der Waals surface area contributed by atoms with E-state index in [0.717, 1.165) is 5.00 Å². The predicted octanol–water partition coefficient (Wildman–Crippen LogP) is 2.03. The Hall–Kier alpha value is -1.86. The number of carboxylic acid groups (broad SMARTS) is 1. The fourth-order valence-corrected chi connectivity index (χ4v) is 2.71. The first-order chi connectivity index (χ1) is 9.52. The number of aromatic carboxylic acids is 1. The molecule has 0 radical (unpaired) electrons. The van der Waals surface area contributed by atoms with Gasteiger partial charge in [0, 0.05) is 26.3 Å². The molecule has 2 aromatic rings. The molecule has 2 aromatic heterocycles. The summed E-state index contributed by atoms with van der Waals surface area (Å²) in [5.41, 5.74) is -0.766. The van der Waals surface area contributed by atoms with Crippen molar-refractivity contribution >= 4 is 32.6 Å². The number of carbonyl (C=O) groups is 1. The van der Waals surface area contributed by atoms with Gasteiger partial charge in [-0.1, -0.05) is 0 Å². The lowest BCUT2D eigenvalue weighted by atomic mass is 10.3. The SMILES string of the molecule is CCOCCN(C)c1cc2oc(=O)c(C(=O)O)cc2s1. The van der Waals surface area contributed by atoms with Crippen LogP contribution in [0.4, 0.5) is 5.00 Å². The van der Waals surface area contributed by atoms with E-state index in [1.165, 1.54) is 17.4 Å². The van der Waals surface area contributed by atoms with Crippen LogP contribution in [0.1, 0.15) is 17.3 Å². The zero-order valence-corrected chi connectivity index (χ0v) is 12.0. The van der Waals surface area contributed by atoms with Gasteiger partial charge in [-0.15, -0.1) is 11.3 Å². The van der Waals surface area contributed by atoms with E-state index in [2.05, 4.69) is 0 Å². The number of likely N-dealkylation sites (N-methyl/N-ethyl adjacent to an activating group) is 1. The number of rotatable bonds is 6. The van der Waals surface area contributed by atoms with E-state index in [0.29, 0.717) is 30.0 Å². The monoisotopic (exact) mass is 297 g/mol. The Morgan fingerprint density at radius 2 is 2.25 bits per heavy atom. The predicted molar refractivity (Wildman–Crippen MR) is 77.1 cm³/mol. The molecule has 0 saturated heterocycles. The van der Waals surface area contributed by atoms with Crippen LogP contribution in [0.25, 0.3) is 10.3 Å². The number of carboxylic acids is 1. The van der Waals surface area contributed by atoms with Crippen LogP contribution in [0.2, 0.25) is 0 Å². The molecule has 0 aromatic carbocycles. The van der Waals surface area contributed by atoms with Crippen molar-refractivity contribution < 1.29 is 19.1 Å². The van der Waals surface area contributed by atoms with E-state index < -0.39 is 11.6 Å². The Balaban J connectivity index is 2.29. The first kappa shape index (κ1) is 14.5. The van der Waals surface area contributed by atoms with Gasteiger partial charge in [0.1, 0.15) is 5.56 Å². The maximum absolute atomic E-state index is 11.5. The molecule has 0 unspecified atom stereocenters. The second-order valence-electron chi connectivity index (χ2n) is 4.18. The highest BCUT2D eigenvalue weighted by Crippen LogP contribution is 2.31. The maximum Gasteiger partial charge on any atom is 0.351 e. The van der Waals surface area contributed by atoms with Gasteiger partial charge in [-0.05, 0) is 13.0 Å². The lowest BCUT2D eigenvalue weighted by Gasteiger charge is -2.16. The molecule has 20 heavy (non-hydrogen) atoms. The number of hydrogen-bond acceptors (Lipinski definition) is 6. The zero-order chi connectivity index (χ0) is 14.7. The molecule has 6 nitrogen and oxygen atoms in total. The van der Waals surface area contributed by atoms with Crippen molar-refractivity contribution in [3.05, 3.63) is 28.1 Å². The highest BCUT2D eigenvalue weighted by atomic mass is 32.1. The van der Waals surface area contributed by atoms with Crippen molar-refractivity contribution in [3.8, 4) is 0 Å². The second kappa shape index (κ2) is 6.06. The van der Waals surface area contributed by atoms with Gasteiger partial charge in [-0.3, -0.25) is 0 Å². The molecule has 0 aliphatic rings. The van der Waals surface area contributed by atoms with Crippen LogP contribution in [0.15, 0.2) is 21.3 Å². The lowest BCUT2D eigenvalue weighted by Crippen LogP contribution is -2.21. The number of thiophene rings is 1. The van der Waals surface area contributed by atoms with Gasteiger partial charge in [0.15, 0.2) is 5.58 Å². The molecule has 1 N–H and O–H groups in total. The van der Waals surface area contributed by atoms with Crippen LogP contribution in [0, 0.1) is 0 Å². The van der Waals surface area contributed by atoms with Crippen LogP contribution < -0.4 is 10.5 Å². The summed E-state index contributed by atoms with van der Waals surface area (Å²) in [4.78, 5) is 24.4. The van der Waals surface area contributed by atoms with E-state index in [1.54, 1.807) is 6.07 Å². The Morgan fingerprint density at radius 3 is 2.90 bits per heavy atom. The van der Waals surface area contributed by atoms with Crippen molar-refractivity contribution in [1.82, 2.24) is 0 Å². The quantitative estimate of drug-likeness (QED) is 0.822. The van der Waals surface area contributed by atoms with Gasteiger partial charge in [-0.25, -0.2) is 9.59 Å². The number of ether oxygens (including phenoxy) is 1. The Kier molecular flexibility index (Phi) is 4.41. The van der Waals surface area contributed by atoms with Gasteiger partial charge in [0.05, 0.1) is 16.3 Å². The molecule has 0 atom stereocenters. The first-order valence-corrected chi connectivity index (χ1v) is 6.94. The molecule has 0 bridgehead atoms. The first-order valence-electron chi connectivity index (χ1n) is 6.12. The molecule has 2 heterocycles. The lowest BCUT2D eigenvalue weighted by molar-refractivity contribution is 0.0692. The van der Waals surface area contributed by atoms with Crippen LogP contribution in [-0.2, 0) is 4.74 Å². The van der Waals surface area contributed by atoms with Gasteiger partial charge >= 0.3 is 11.6 Å². The highest BCUT2D eigenvalue weighted by molar-refractivity contribution is 7.22. The molecule has 7 heteroatoms. The standard InChI is InChI=1S/C13H15NO5S/c1-3-18-5-4-14(2)11-7-9-10(20-11)6-8(12(15)16)13(17)19-9/h6-7H,3-5H2,1-2H3,(H,15,16). The van der Waals surface area contributed by atoms with Crippen molar-refractivity contribution in [1.29, 1.82) is 0 Å². The van der Waals surface area contributed by atoms with Crippen LogP contribution in [0.5, 0.6) is 0 Å². The van der Waals surface area contributed by atoms with Crippen molar-refractivity contribution in [2.24, 2.45) is 0 Å². The summed E-state index contributed by atoms with van der Waals surface area (Å²) < 4.78 is 10.9. The minimum Gasteiger partial charge on any atom is -0.477 e. The largest absolute Gasteiger partial charge is 0.477 e. The normalized spacial score (nSPS) is 10.9. The molecular formula is C13H15NO5S. The summed E-state index contributed by atoms with van der Waals surface area (Å²) in [6.07, 6.45) is 0. The smallest absolute Gasteiger partial charge is 0.351 e. The Morgan fingerprint density at radius 1 is 1.50 bits per heavy atom. The van der Waals surface area contributed by atoms with Crippen LogP contribution in [0.3, 0.4) is 0 Å². The Labute approximate surface area is 119 Å². The fourth-order valence-electron chi connectivity index (χ4n) is 1.69. The summed E-state index contributed by atoms with van der Waals surface area (Å²) in [7, 11) is 1.90. The van der Waals surface area contributed by atoms with Gasteiger partial charge in [0.2, 0.25) is 0 Å². The Bertz CT molecular complexity index is 675. The minimum absolute atomic E-state index is 0.345. The average molecular weight is 297 g/mol. The van der Waals surface area contributed by atoms with E-state index in [4.69, 9.17) is 14.3 Å². The van der Waals surface area contributed by atoms with Crippen molar-refractivity contribution in [2.45, 2.75) is 6.92 Å². The molecular weight excluding hydrogens is 282 g/mol. The summed E-state index contributed by atoms with van der Waals surface area (Å²) in [6.45, 7) is 3.90. The summed E-state index contributed by atoms with van der Waals surface area (Å²) in [5.74, 6) is -1.28. The molecule has 0 aliphatic carbocycles.